The zero-order valence-electron chi connectivity index (χ0n) is 10.3. The Bertz CT molecular complexity index is 204. The molecular formula is C12H24N2S. The highest BCUT2D eigenvalue weighted by Gasteiger charge is 2.14. The van der Waals surface area contributed by atoms with Crippen molar-refractivity contribution < 1.29 is 0 Å². The van der Waals surface area contributed by atoms with Crippen molar-refractivity contribution in [2.24, 2.45) is 4.99 Å². The standard InChI is InChI=1S/C12H24N2S/c1-4-5-6-7-8-10(2)13-12-14-11(3)9-15-12/h10-11H,4-9H2,1-3H3,(H,13,14). The van der Waals surface area contributed by atoms with E-state index in [0.717, 1.165) is 10.9 Å². The molecule has 0 bridgehead atoms. The molecule has 3 heteroatoms. The van der Waals surface area contributed by atoms with Crippen molar-refractivity contribution in [1.29, 1.82) is 0 Å². The maximum absolute atomic E-state index is 4.54. The zero-order valence-corrected chi connectivity index (χ0v) is 11.1. The second-order valence-corrected chi connectivity index (χ2v) is 5.50. The van der Waals surface area contributed by atoms with Crippen LogP contribution in [0, 0.1) is 0 Å². The topological polar surface area (TPSA) is 24.4 Å². The molecular weight excluding hydrogens is 204 g/mol. The van der Waals surface area contributed by atoms with Gasteiger partial charge in [0.05, 0.1) is 6.04 Å². The summed E-state index contributed by atoms with van der Waals surface area (Å²) in [7, 11) is 0. The van der Waals surface area contributed by atoms with Crippen molar-refractivity contribution in [3.63, 3.8) is 0 Å². The molecule has 2 atom stereocenters. The summed E-state index contributed by atoms with van der Waals surface area (Å²) in [5.41, 5.74) is 0. The number of aliphatic imine (C=N–C) groups is 1. The number of hydrogen-bond donors (Lipinski definition) is 1. The average Bonchev–Trinajstić information content (AvgIpc) is 2.59. The monoisotopic (exact) mass is 228 g/mol. The molecule has 0 aromatic rings. The van der Waals surface area contributed by atoms with E-state index in [4.69, 9.17) is 0 Å². The quantitative estimate of drug-likeness (QED) is 0.704. The lowest BCUT2D eigenvalue weighted by molar-refractivity contribution is 0.545. The highest BCUT2D eigenvalue weighted by atomic mass is 32.2. The fourth-order valence-corrected chi connectivity index (χ4v) is 2.73. The molecule has 2 unspecified atom stereocenters. The van der Waals surface area contributed by atoms with Gasteiger partial charge >= 0.3 is 0 Å². The number of rotatable bonds is 6. The van der Waals surface area contributed by atoms with Gasteiger partial charge in [-0.1, -0.05) is 44.4 Å². The van der Waals surface area contributed by atoms with E-state index in [9.17, 15) is 0 Å². The molecule has 88 valence electrons. The Morgan fingerprint density at radius 2 is 2.27 bits per heavy atom. The molecule has 1 N–H and O–H groups in total. The van der Waals surface area contributed by atoms with Crippen molar-refractivity contribution in [2.75, 3.05) is 5.75 Å². The molecule has 0 amide bonds. The second kappa shape index (κ2) is 7.15. The Kier molecular flexibility index (Phi) is 6.15. The molecule has 1 heterocycles. The van der Waals surface area contributed by atoms with Crippen LogP contribution in [0.1, 0.15) is 52.9 Å². The van der Waals surface area contributed by atoms with Crippen LogP contribution in [0.25, 0.3) is 0 Å². The fourth-order valence-electron chi connectivity index (χ4n) is 1.71. The normalized spacial score (nSPS) is 22.6. The molecule has 0 saturated heterocycles. The average molecular weight is 228 g/mol. The summed E-state index contributed by atoms with van der Waals surface area (Å²) >= 11 is 1.86. The van der Waals surface area contributed by atoms with Crippen LogP contribution in [-0.4, -0.2) is 23.0 Å². The maximum atomic E-state index is 4.54. The first-order chi connectivity index (χ1) is 7.22. The second-order valence-electron chi connectivity index (χ2n) is 4.49. The smallest absolute Gasteiger partial charge is 0.157 e. The van der Waals surface area contributed by atoms with Crippen LogP contribution in [0.4, 0.5) is 0 Å². The first-order valence-electron chi connectivity index (χ1n) is 6.19. The Labute approximate surface area is 98.3 Å². The van der Waals surface area contributed by atoms with Crippen LogP contribution in [0.2, 0.25) is 0 Å². The predicted molar refractivity (Wildman–Crippen MR) is 70.7 cm³/mol. The van der Waals surface area contributed by atoms with E-state index in [0.29, 0.717) is 12.1 Å². The number of unbranched alkanes of at least 4 members (excludes halogenated alkanes) is 3. The molecule has 1 aliphatic heterocycles. The Morgan fingerprint density at radius 3 is 2.87 bits per heavy atom. The van der Waals surface area contributed by atoms with Gasteiger partial charge < -0.3 is 5.32 Å². The third-order valence-corrected chi connectivity index (χ3v) is 3.81. The lowest BCUT2D eigenvalue weighted by Crippen LogP contribution is -2.29. The summed E-state index contributed by atoms with van der Waals surface area (Å²) in [5, 5.41) is 4.66. The lowest BCUT2D eigenvalue weighted by Gasteiger charge is -2.13. The van der Waals surface area contributed by atoms with Crippen LogP contribution in [0.3, 0.4) is 0 Å². The minimum absolute atomic E-state index is 0.504. The summed E-state index contributed by atoms with van der Waals surface area (Å²) < 4.78 is 0. The molecule has 2 nitrogen and oxygen atoms in total. The molecule has 0 aromatic heterocycles. The van der Waals surface area contributed by atoms with Crippen molar-refractivity contribution in [3.05, 3.63) is 0 Å². The van der Waals surface area contributed by atoms with Crippen molar-refractivity contribution in [3.8, 4) is 0 Å². The van der Waals surface area contributed by atoms with Crippen LogP contribution in [0.5, 0.6) is 0 Å². The third kappa shape index (κ3) is 5.45. The number of nitrogens with one attached hydrogen (secondary N) is 1. The van der Waals surface area contributed by atoms with Gasteiger partial charge in [-0.2, -0.15) is 0 Å². The van der Waals surface area contributed by atoms with Gasteiger partial charge in [-0.05, 0) is 20.3 Å². The summed E-state index contributed by atoms with van der Waals surface area (Å²) in [6.07, 6.45) is 6.68. The predicted octanol–water partition coefficient (Wildman–Crippen LogP) is 3.43. The van der Waals surface area contributed by atoms with Gasteiger partial charge in [0.1, 0.15) is 0 Å². The molecule has 15 heavy (non-hydrogen) atoms. The largest absolute Gasteiger partial charge is 0.362 e. The van der Waals surface area contributed by atoms with E-state index in [2.05, 4.69) is 31.1 Å². The van der Waals surface area contributed by atoms with E-state index < -0.39 is 0 Å². The Morgan fingerprint density at radius 1 is 1.47 bits per heavy atom. The van der Waals surface area contributed by atoms with Gasteiger partial charge in [-0.3, -0.25) is 4.99 Å². The van der Waals surface area contributed by atoms with Gasteiger partial charge in [0.15, 0.2) is 5.17 Å². The Balaban J connectivity index is 2.08. The van der Waals surface area contributed by atoms with Crippen LogP contribution in [0.15, 0.2) is 4.99 Å². The summed E-state index contributed by atoms with van der Waals surface area (Å²) in [6.45, 7) is 6.69. The first kappa shape index (κ1) is 12.9. The van der Waals surface area contributed by atoms with Crippen LogP contribution in [-0.2, 0) is 0 Å². The Hall–Kier alpha value is -0.180. The fraction of sp³-hybridized carbons (Fsp3) is 0.917. The molecule has 0 spiro atoms. The zero-order chi connectivity index (χ0) is 11.1. The molecule has 0 fully saturated rings. The number of hydrogen-bond acceptors (Lipinski definition) is 3. The van der Waals surface area contributed by atoms with Gasteiger partial charge in [0, 0.05) is 11.8 Å². The highest BCUT2D eigenvalue weighted by Crippen LogP contribution is 2.16. The SMILES string of the molecule is CCCCCCC(C)NC1=NC(C)CS1. The summed E-state index contributed by atoms with van der Waals surface area (Å²) in [5.74, 6) is 1.14. The van der Waals surface area contributed by atoms with E-state index in [1.165, 1.54) is 32.1 Å². The summed E-state index contributed by atoms with van der Waals surface area (Å²) in [6, 6.07) is 1.09. The number of amidine groups is 1. The van der Waals surface area contributed by atoms with Crippen molar-refractivity contribution in [2.45, 2.75) is 65.0 Å². The van der Waals surface area contributed by atoms with E-state index >= 15 is 0 Å². The van der Waals surface area contributed by atoms with Crippen LogP contribution >= 0.6 is 11.8 Å². The van der Waals surface area contributed by atoms with Gasteiger partial charge in [-0.15, -0.1) is 0 Å². The maximum Gasteiger partial charge on any atom is 0.157 e. The van der Waals surface area contributed by atoms with E-state index in [1.54, 1.807) is 0 Å². The van der Waals surface area contributed by atoms with Crippen molar-refractivity contribution in [1.82, 2.24) is 5.32 Å². The number of nitrogens with zero attached hydrogens (tertiary/aromatic N) is 1. The van der Waals surface area contributed by atoms with Crippen molar-refractivity contribution >= 4 is 16.9 Å². The molecule has 1 aliphatic rings. The highest BCUT2D eigenvalue weighted by molar-refractivity contribution is 8.14. The van der Waals surface area contributed by atoms with Gasteiger partial charge in [0.25, 0.3) is 0 Å². The minimum atomic E-state index is 0.504. The summed E-state index contributed by atoms with van der Waals surface area (Å²) in [4.78, 5) is 4.54. The van der Waals surface area contributed by atoms with Gasteiger partial charge in [-0.25, -0.2) is 0 Å². The first-order valence-corrected chi connectivity index (χ1v) is 7.18. The molecule has 1 rings (SSSR count). The molecule has 0 radical (unpaired) electrons. The van der Waals surface area contributed by atoms with Gasteiger partial charge in [0.2, 0.25) is 0 Å². The molecule has 0 aromatic carbocycles. The lowest BCUT2D eigenvalue weighted by atomic mass is 10.1. The minimum Gasteiger partial charge on any atom is -0.362 e. The number of thioether (sulfide) groups is 1. The molecule has 0 saturated carbocycles. The third-order valence-electron chi connectivity index (χ3n) is 2.66. The van der Waals surface area contributed by atoms with Crippen LogP contribution < -0.4 is 5.32 Å². The van der Waals surface area contributed by atoms with E-state index in [1.807, 2.05) is 11.8 Å². The molecule has 0 aliphatic carbocycles. The van der Waals surface area contributed by atoms with E-state index in [-0.39, 0.29) is 0 Å².